The number of hydrogen-bond acceptors (Lipinski definition) is 5. The van der Waals surface area contributed by atoms with E-state index in [0.29, 0.717) is 25.8 Å². The largest absolute Gasteiger partial charge is 0.326 e. The van der Waals surface area contributed by atoms with Crippen LogP contribution < -0.4 is 10.0 Å². The van der Waals surface area contributed by atoms with E-state index in [1.807, 2.05) is 12.1 Å². The Bertz CT molecular complexity index is 731. The quantitative estimate of drug-likeness (QED) is 0.517. The summed E-state index contributed by atoms with van der Waals surface area (Å²) in [7, 11) is -3.24. The average Bonchev–Trinajstić information content (AvgIpc) is 2.96. The van der Waals surface area contributed by atoms with E-state index in [0.717, 1.165) is 29.7 Å². The molecule has 1 aliphatic carbocycles. The molecule has 0 saturated heterocycles. The molecule has 1 aliphatic rings. The van der Waals surface area contributed by atoms with Crippen LogP contribution in [0.1, 0.15) is 56.7 Å². The number of sulfonamides is 1. The predicted octanol–water partition coefficient (Wildman–Crippen LogP) is 2.88. The molecule has 1 unspecified atom stereocenters. The molecular weight excluding hydrogens is 342 g/mol. The van der Waals surface area contributed by atoms with Crippen LogP contribution >= 0.6 is 0 Å². The summed E-state index contributed by atoms with van der Waals surface area (Å²) in [6.07, 6.45) is 3.07. The molecule has 0 spiro atoms. The minimum atomic E-state index is -3.24. The summed E-state index contributed by atoms with van der Waals surface area (Å²) in [6, 6.07) is 5.27. The Kier molecular flexibility index (Phi) is 6.66. The second kappa shape index (κ2) is 8.53. The van der Waals surface area contributed by atoms with E-state index in [-0.39, 0.29) is 11.9 Å². The van der Waals surface area contributed by atoms with Gasteiger partial charge in [-0.2, -0.15) is 4.91 Å². The van der Waals surface area contributed by atoms with Gasteiger partial charge in [0.1, 0.15) is 6.04 Å². The molecule has 0 heterocycles. The molecule has 8 heteroatoms. The Hall–Kier alpha value is -1.80. The van der Waals surface area contributed by atoms with Gasteiger partial charge in [-0.1, -0.05) is 11.2 Å². The van der Waals surface area contributed by atoms with Gasteiger partial charge in [0.25, 0.3) is 0 Å². The molecule has 0 saturated carbocycles. The molecule has 1 amide bonds. The maximum Gasteiger partial charge on any atom is 0.224 e. The Morgan fingerprint density at radius 1 is 1.32 bits per heavy atom. The number of unbranched alkanes of at least 4 members (excludes halogenated alkanes) is 1. The summed E-state index contributed by atoms with van der Waals surface area (Å²) in [4.78, 5) is 22.7. The third-order valence-electron chi connectivity index (χ3n) is 4.35. The highest BCUT2D eigenvalue weighted by atomic mass is 32.2. The van der Waals surface area contributed by atoms with Gasteiger partial charge in [0.2, 0.25) is 15.9 Å². The van der Waals surface area contributed by atoms with Crippen molar-refractivity contribution >= 4 is 21.6 Å². The highest BCUT2D eigenvalue weighted by Crippen LogP contribution is 2.35. The van der Waals surface area contributed by atoms with Crippen LogP contribution in [0.5, 0.6) is 0 Å². The van der Waals surface area contributed by atoms with E-state index < -0.39 is 15.3 Å². The lowest BCUT2D eigenvalue weighted by molar-refractivity contribution is -0.116. The molecule has 2 rings (SSSR count). The highest BCUT2D eigenvalue weighted by molar-refractivity contribution is 7.90. The van der Waals surface area contributed by atoms with Gasteiger partial charge in [-0.15, -0.1) is 0 Å². The molecule has 1 aromatic carbocycles. The van der Waals surface area contributed by atoms with Crippen molar-refractivity contribution in [1.82, 2.24) is 4.72 Å². The van der Waals surface area contributed by atoms with Gasteiger partial charge < -0.3 is 5.32 Å². The maximum atomic E-state index is 12.0. The molecule has 2 N–H and O–H groups in total. The Labute approximate surface area is 148 Å². The zero-order chi connectivity index (χ0) is 18.4. The Morgan fingerprint density at radius 2 is 2.08 bits per heavy atom. The molecule has 138 valence electrons. The van der Waals surface area contributed by atoms with Crippen LogP contribution in [-0.4, -0.2) is 26.1 Å². The van der Waals surface area contributed by atoms with Gasteiger partial charge in [-0.3, -0.25) is 4.79 Å². The number of hydrogen-bond donors (Lipinski definition) is 2. The number of fused-ring (bicyclic) bond motifs is 1. The van der Waals surface area contributed by atoms with E-state index in [4.69, 9.17) is 0 Å². The average molecular weight is 367 g/mol. The number of nitrogens with zero attached hydrogens (tertiary/aromatic N) is 1. The monoisotopic (exact) mass is 367 g/mol. The first-order valence-corrected chi connectivity index (χ1v) is 10.1. The molecule has 1 aromatic rings. The minimum absolute atomic E-state index is 0.102. The van der Waals surface area contributed by atoms with Crippen LogP contribution in [0.4, 0.5) is 5.69 Å². The van der Waals surface area contributed by atoms with Crippen molar-refractivity contribution in [2.24, 2.45) is 5.18 Å². The third-order valence-corrected chi connectivity index (χ3v) is 6.20. The number of aryl methyl sites for hydroxylation is 1. The lowest BCUT2D eigenvalue weighted by Crippen LogP contribution is -2.31. The second-order valence-electron chi connectivity index (χ2n) is 6.57. The summed E-state index contributed by atoms with van der Waals surface area (Å²) in [5, 5.41) is 5.51. The standard InChI is InChI=1S/C17H25N3O4S/c1-12(2)25(23,24)18-10-4-3-5-17(21)19-14-7-8-15-13(11-14)6-9-16(15)20-22/h7-8,11-12,16,18H,3-6,9-10H2,1-2H3,(H,19,21). The van der Waals surface area contributed by atoms with Gasteiger partial charge in [-0.25, -0.2) is 13.1 Å². The van der Waals surface area contributed by atoms with Crippen LogP contribution in [0.2, 0.25) is 0 Å². The zero-order valence-electron chi connectivity index (χ0n) is 14.6. The van der Waals surface area contributed by atoms with Crippen molar-refractivity contribution in [1.29, 1.82) is 0 Å². The van der Waals surface area contributed by atoms with E-state index in [1.54, 1.807) is 19.9 Å². The van der Waals surface area contributed by atoms with Crippen molar-refractivity contribution in [3.8, 4) is 0 Å². The number of anilines is 1. The molecule has 0 aliphatic heterocycles. The van der Waals surface area contributed by atoms with Crippen molar-refractivity contribution in [2.45, 2.75) is 57.2 Å². The smallest absolute Gasteiger partial charge is 0.224 e. The molecule has 0 radical (unpaired) electrons. The lowest BCUT2D eigenvalue weighted by Gasteiger charge is -2.10. The fourth-order valence-corrected chi connectivity index (χ4v) is 3.56. The summed E-state index contributed by atoms with van der Waals surface area (Å²) < 4.78 is 25.7. The minimum Gasteiger partial charge on any atom is -0.326 e. The first-order valence-electron chi connectivity index (χ1n) is 8.57. The van der Waals surface area contributed by atoms with Crippen LogP contribution in [-0.2, 0) is 21.2 Å². The zero-order valence-corrected chi connectivity index (χ0v) is 15.4. The van der Waals surface area contributed by atoms with E-state index in [2.05, 4.69) is 15.2 Å². The molecule has 25 heavy (non-hydrogen) atoms. The van der Waals surface area contributed by atoms with Gasteiger partial charge in [0.15, 0.2) is 0 Å². The Morgan fingerprint density at radius 3 is 2.76 bits per heavy atom. The molecule has 0 fully saturated rings. The van der Waals surface area contributed by atoms with E-state index in [9.17, 15) is 18.1 Å². The van der Waals surface area contributed by atoms with Crippen LogP contribution in [0, 0.1) is 4.91 Å². The van der Waals surface area contributed by atoms with Crippen molar-refractivity contribution in [2.75, 3.05) is 11.9 Å². The number of nitrogens with one attached hydrogen (secondary N) is 2. The van der Waals surface area contributed by atoms with Crippen molar-refractivity contribution in [3.05, 3.63) is 34.2 Å². The van der Waals surface area contributed by atoms with Gasteiger partial charge in [-0.05, 0) is 62.8 Å². The topological polar surface area (TPSA) is 105 Å². The van der Waals surface area contributed by atoms with E-state index in [1.165, 1.54) is 0 Å². The fraction of sp³-hybridized carbons (Fsp3) is 0.588. The predicted molar refractivity (Wildman–Crippen MR) is 97.8 cm³/mol. The third kappa shape index (κ3) is 5.34. The van der Waals surface area contributed by atoms with Gasteiger partial charge in [0.05, 0.1) is 5.25 Å². The second-order valence-corrected chi connectivity index (χ2v) is 8.89. The summed E-state index contributed by atoms with van der Waals surface area (Å²) in [5.41, 5.74) is 2.73. The lowest BCUT2D eigenvalue weighted by atomic mass is 10.1. The Balaban J connectivity index is 1.73. The van der Waals surface area contributed by atoms with Gasteiger partial charge >= 0.3 is 0 Å². The molecule has 7 nitrogen and oxygen atoms in total. The number of carbonyl (C=O) groups excluding carboxylic acids is 1. The number of benzene rings is 1. The first kappa shape index (κ1) is 19.5. The van der Waals surface area contributed by atoms with Crippen molar-refractivity contribution < 1.29 is 13.2 Å². The molecule has 1 atom stereocenters. The maximum absolute atomic E-state index is 12.0. The first-order chi connectivity index (χ1) is 11.8. The van der Waals surface area contributed by atoms with Crippen LogP contribution in [0.25, 0.3) is 0 Å². The summed E-state index contributed by atoms with van der Waals surface area (Å²) in [5.74, 6) is -0.102. The van der Waals surface area contributed by atoms with Crippen molar-refractivity contribution in [3.63, 3.8) is 0 Å². The number of carbonyl (C=O) groups is 1. The van der Waals surface area contributed by atoms with Crippen LogP contribution in [0.15, 0.2) is 23.4 Å². The fourth-order valence-electron chi connectivity index (χ4n) is 2.80. The molecule has 0 aromatic heterocycles. The number of amides is 1. The van der Waals surface area contributed by atoms with Gasteiger partial charge in [0, 0.05) is 18.7 Å². The summed E-state index contributed by atoms with van der Waals surface area (Å²) >= 11 is 0. The normalized spacial score (nSPS) is 16.7. The van der Waals surface area contributed by atoms with E-state index >= 15 is 0 Å². The SMILES string of the molecule is CC(C)S(=O)(=O)NCCCCC(=O)Nc1ccc2c(c1)CCC2N=O. The molecular formula is C17H25N3O4S. The molecule has 0 bridgehead atoms. The number of nitroso groups, excluding NO2 is 1. The number of rotatable bonds is 9. The van der Waals surface area contributed by atoms with Crippen LogP contribution in [0.3, 0.4) is 0 Å². The highest BCUT2D eigenvalue weighted by Gasteiger charge is 2.23. The summed E-state index contributed by atoms with van der Waals surface area (Å²) in [6.45, 7) is 3.59.